The predicted octanol–water partition coefficient (Wildman–Crippen LogP) is 2.81. The van der Waals surface area contributed by atoms with E-state index in [1.165, 1.54) is 24.4 Å². The summed E-state index contributed by atoms with van der Waals surface area (Å²) in [7, 11) is -3.85. The topological polar surface area (TPSA) is 91.4 Å². The minimum atomic E-state index is -5.14. The van der Waals surface area contributed by atoms with Gasteiger partial charge in [-0.1, -0.05) is 30.3 Å². The molecule has 1 atom stereocenters. The van der Waals surface area contributed by atoms with E-state index in [1.807, 2.05) is 0 Å². The molecule has 2 aromatic carbocycles. The molecular weight excluding hydrogens is 397 g/mol. The summed E-state index contributed by atoms with van der Waals surface area (Å²) < 4.78 is 67.9. The van der Waals surface area contributed by atoms with Crippen molar-refractivity contribution in [1.82, 2.24) is 3.97 Å². The Morgan fingerprint density at radius 2 is 1.75 bits per heavy atom. The van der Waals surface area contributed by atoms with E-state index in [0.29, 0.717) is 16.5 Å². The van der Waals surface area contributed by atoms with Crippen molar-refractivity contribution in [3.8, 4) is 0 Å². The first-order valence-corrected chi connectivity index (χ1v) is 9.47. The third-order valence-electron chi connectivity index (χ3n) is 4.00. The summed E-state index contributed by atoms with van der Waals surface area (Å²) in [4.78, 5) is 11.0. The molecule has 148 valence electrons. The van der Waals surface area contributed by atoms with E-state index in [-0.39, 0.29) is 11.3 Å². The molecule has 0 aliphatic rings. The number of hydrogen-bond donors (Lipinski definition) is 1. The Balaban J connectivity index is 1.93. The van der Waals surface area contributed by atoms with Crippen molar-refractivity contribution in [1.29, 1.82) is 0 Å². The standard InChI is InChI=1S/C18H15F3N2O4S/c19-18(20,21)17(24)27-16(22)11-12-5-4-8-15-14(12)9-10-23(15)28(25,26)13-6-2-1-3-7-13/h1-10,16H,11,22H2. The van der Waals surface area contributed by atoms with Crippen molar-refractivity contribution in [2.45, 2.75) is 23.7 Å². The van der Waals surface area contributed by atoms with Gasteiger partial charge in [0.15, 0.2) is 6.23 Å². The molecule has 3 aromatic rings. The van der Waals surface area contributed by atoms with Gasteiger partial charge in [0.2, 0.25) is 0 Å². The summed E-state index contributed by atoms with van der Waals surface area (Å²) in [6.07, 6.45) is -5.54. The molecule has 0 aliphatic carbocycles. The monoisotopic (exact) mass is 412 g/mol. The van der Waals surface area contributed by atoms with Gasteiger partial charge in [-0.15, -0.1) is 0 Å². The van der Waals surface area contributed by atoms with E-state index in [9.17, 15) is 26.4 Å². The molecule has 28 heavy (non-hydrogen) atoms. The Hall–Kier alpha value is -2.85. The van der Waals surface area contributed by atoms with Crippen LogP contribution in [0.4, 0.5) is 13.2 Å². The summed E-state index contributed by atoms with van der Waals surface area (Å²) in [6.45, 7) is 0. The molecule has 3 rings (SSSR count). The summed E-state index contributed by atoms with van der Waals surface area (Å²) in [5, 5.41) is 0.473. The van der Waals surface area contributed by atoms with Gasteiger partial charge in [0.1, 0.15) is 0 Å². The van der Waals surface area contributed by atoms with Gasteiger partial charge in [-0.3, -0.25) is 5.73 Å². The van der Waals surface area contributed by atoms with Crippen LogP contribution in [0.15, 0.2) is 65.7 Å². The molecule has 6 nitrogen and oxygen atoms in total. The number of carbonyl (C=O) groups excluding carboxylic acids is 1. The summed E-state index contributed by atoms with van der Waals surface area (Å²) >= 11 is 0. The fourth-order valence-corrected chi connectivity index (χ4v) is 4.13. The number of rotatable bonds is 5. The molecule has 1 heterocycles. The van der Waals surface area contributed by atoms with Gasteiger partial charge in [-0.25, -0.2) is 17.2 Å². The zero-order valence-electron chi connectivity index (χ0n) is 14.3. The molecule has 0 amide bonds. The van der Waals surface area contributed by atoms with Gasteiger partial charge < -0.3 is 4.74 Å². The highest BCUT2D eigenvalue weighted by atomic mass is 32.2. The van der Waals surface area contributed by atoms with E-state index in [4.69, 9.17) is 5.73 Å². The van der Waals surface area contributed by atoms with Gasteiger partial charge in [0.05, 0.1) is 10.4 Å². The molecule has 2 N–H and O–H groups in total. The number of carbonyl (C=O) groups is 1. The van der Waals surface area contributed by atoms with E-state index in [1.54, 1.807) is 36.4 Å². The lowest BCUT2D eigenvalue weighted by Crippen LogP contribution is -2.35. The number of esters is 1. The zero-order chi connectivity index (χ0) is 20.5. The van der Waals surface area contributed by atoms with Gasteiger partial charge in [-0.2, -0.15) is 13.2 Å². The highest BCUT2D eigenvalue weighted by Gasteiger charge is 2.42. The van der Waals surface area contributed by atoms with Crippen LogP contribution in [-0.2, 0) is 26.0 Å². The molecule has 0 aliphatic heterocycles. The van der Waals surface area contributed by atoms with Crippen LogP contribution in [0.1, 0.15) is 5.56 Å². The van der Waals surface area contributed by atoms with E-state index >= 15 is 0 Å². The molecule has 1 aromatic heterocycles. The average Bonchev–Trinajstić information content (AvgIpc) is 3.07. The fourth-order valence-electron chi connectivity index (χ4n) is 2.76. The number of fused-ring (bicyclic) bond motifs is 1. The molecule has 0 fully saturated rings. The summed E-state index contributed by atoms with van der Waals surface area (Å²) in [5.41, 5.74) is 6.29. The molecule has 0 saturated heterocycles. The normalized spacial score (nSPS) is 13.4. The maximum atomic E-state index is 12.8. The van der Waals surface area contributed by atoms with Crippen LogP contribution in [0.2, 0.25) is 0 Å². The van der Waals surface area contributed by atoms with Crippen LogP contribution in [0.3, 0.4) is 0 Å². The number of alkyl halides is 3. The number of aromatic nitrogens is 1. The second-order valence-electron chi connectivity index (χ2n) is 5.93. The van der Waals surface area contributed by atoms with E-state index in [0.717, 1.165) is 3.97 Å². The summed E-state index contributed by atoms with van der Waals surface area (Å²) in [5.74, 6) is -2.38. The highest BCUT2D eigenvalue weighted by molar-refractivity contribution is 7.90. The van der Waals surface area contributed by atoms with E-state index in [2.05, 4.69) is 4.74 Å². The average molecular weight is 412 g/mol. The Kier molecular flexibility index (Phi) is 5.18. The second kappa shape index (κ2) is 7.28. The van der Waals surface area contributed by atoms with Gasteiger partial charge >= 0.3 is 12.1 Å². The molecule has 0 bridgehead atoms. The first-order valence-electron chi connectivity index (χ1n) is 8.03. The van der Waals surface area contributed by atoms with Gasteiger partial charge in [0, 0.05) is 18.0 Å². The third kappa shape index (κ3) is 3.87. The number of ether oxygens (including phenoxy) is 1. The Labute approximate surface area is 158 Å². The van der Waals surface area contributed by atoms with Crippen LogP contribution in [-0.4, -0.2) is 30.8 Å². The van der Waals surface area contributed by atoms with Crippen LogP contribution in [0.5, 0.6) is 0 Å². The molecule has 0 spiro atoms. The van der Waals surface area contributed by atoms with Crippen LogP contribution in [0, 0.1) is 0 Å². The van der Waals surface area contributed by atoms with Gasteiger partial charge in [-0.05, 0) is 29.8 Å². The van der Waals surface area contributed by atoms with Crippen molar-refractivity contribution < 1.29 is 31.1 Å². The molecule has 10 heteroatoms. The Morgan fingerprint density at radius 1 is 1.07 bits per heavy atom. The van der Waals surface area contributed by atoms with Crippen molar-refractivity contribution >= 4 is 26.9 Å². The van der Waals surface area contributed by atoms with Crippen LogP contribution >= 0.6 is 0 Å². The number of benzene rings is 2. The first-order chi connectivity index (χ1) is 13.1. The molecule has 1 unspecified atom stereocenters. The van der Waals surface area contributed by atoms with E-state index < -0.39 is 28.4 Å². The quantitative estimate of drug-likeness (QED) is 0.514. The SMILES string of the molecule is NC(Cc1cccc2c1ccn2S(=O)(=O)c1ccccc1)OC(=O)C(F)(F)F. The van der Waals surface area contributed by atoms with Crippen molar-refractivity contribution in [3.63, 3.8) is 0 Å². The summed E-state index contributed by atoms with van der Waals surface area (Å²) in [6, 6.07) is 14.0. The predicted molar refractivity (Wildman–Crippen MR) is 94.8 cm³/mol. The maximum Gasteiger partial charge on any atom is 0.490 e. The maximum absolute atomic E-state index is 12.8. The minimum Gasteiger partial charge on any atom is -0.440 e. The number of halogens is 3. The Morgan fingerprint density at radius 3 is 2.39 bits per heavy atom. The van der Waals surface area contributed by atoms with Crippen molar-refractivity contribution in [3.05, 3.63) is 66.4 Å². The van der Waals surface area contributed by atoms with Gasteiger partial charge in [0.25, 0.3) is 10.0 Å². The molecule has 0 radical (unpaired) electrons. The number of nitrogens with zero attached hydrogens (tertiary/aromatic N) is 1. The van der Waals surface area contributed by atoms with Crippen molar-refractivity contribution in [2.24, 2.45) is 5.73 Å². The van der Waals surface area contributed by atoms with Crippen LogP contribution < -0.4 is 5.73 Å². The smallest absolute Gasteiger partial charge is 0.440 e. The number of hydrogen-bond acceptors (Lipinski definition) is 5. The highest BCUT2D eigenvalue weighted by Crippen LogP contribution is 2.26. The lowest BCUT2D eigenvalue weighted by Gasteiger charge is -2.15. The number of nitrogens with two attached hydrogens (primary N) is 1. The van der Waals surface area contributed by atoms with Crippen molar-refractivity contribution in [2.75, 3.05) is 0 Å². The Bertz CT molecular complexity index is 1110. The lowest BCUT2D eigenvalue weighted by atomic mass is 10.1. The third-order valence-corrected chi connectivity index (χ3v) is 5.70. The largest absolute Gasteiger partial charge is 0.490 e. The lowest BCUT2D eigenvalue weighted by molar-refractivity contribution is -0.204. The molecular formula is C18H15F3N2O4S. The molecule has 0 saturated carbocycles. The zero-order valence-corrected chi connectivity index (χ0v) is 15.1. The first kappa shape index (κ1) is 19.9. The fraction of sp³-hybridized carbons (Fsp3) is 0.167. The second-order valence-corrected chi connectivity index (χ2v) is 7.74. The van der Waals surface area contributed by atoms with Crippen LogP contribution in [0.25, 0.3) is 10.9 Å². The minimum absolute atomic E-state index is 0.0914.